The van der Waals surface area contributed by atoms with Crippen LogP contribution in [0.25, 0.3) is 53.2 Å². The lowest BCUT2D eigenvalue weighted by Crippen LogP contribution is -2.47. The number of carboxylic acids is 1. The average Bonchev–Trinajstić information content (AvgIpc) is 3.76. The zero-order chi connectivity index (χ0) is 48.2. The Morgan fingerprint density at radius 2 is 1.58 bits per heavy atom. The van der Waals surface area contributed by atoms with E-state index >= 15 is 4.39 Å². The van der Waals surface area contributed by atoms with Gasteiger partial charge in [0.2, 0.25) is 12.0 Å². The molecule has 0 spiro atoms. The molecule has 0 bridgehead atoms. The van der Waals surface area contributed by atoms with Crippen LogP contribution in [0.4, 0.5) is 4.39 Å². The van der Waals surface area contributed by atoms with Gasteiger partial charge in [0, 0.05) is 71.6 Å². The van der Waals surface area contributed by atoms with Crippen LogP contribution in [0.3, 0.4) is 0 Å². The van der Waals surface area contributed by atoms with Crippen molar-refractivity contribution < 1.29 is 50.9 Å². The van der Waals surface area contributed by atoms with Crippen LogP contribution in [-0.4, -0.2) is 126 Å². The van der Waals surface area contributed by atoms with Crippen LogP contribution in [0, 0.1) is 5.82 Å². The van der Waals surface area contributed by atoms with Gasteiger partial charge in [-0.2, -0.15) is 8.42 Å². The van der Waals surface area contributed by atoms with Crippen LogP contribution < -0.4 is 18.9 Å². The van der Waals surface area contributed by atoms with E-state index in [1.54, 1.807) is 61.8 Å². The number of rotatable bonds is 19. The Balaban J connectivity index is 0.974. The van der Waals surface area contributed by atoms with E-state index in [2.05, 4.69) is 33.9 Å². The summed E-state index contributed by atoms with van der Waals surface area (Å²) in [5.41, 5.74) is 1.88. The van der Waals surface area contributed by atoms with Crippen molar-refractivity contribution in [3.05, 3.63) is 113 Å². The predicted molar refractivity (Wildman–Crippen MR) is 261 cm³/mol. The first kappa shape index (κ1) is 47.6. The Morgan fingerprint density at radius 3 is 2.35 bits per heavy atom. The second kappa shape index (κ2) is 20.6. The predicted octanol–water partition coefficient (Wildman–Crippen LogP) is 8.13. The Labute approximate surface area is 404 Å². The monoisotopic (exact) mass is 996 g/mol. The highest BCUT2D eigenvalue weighted by molar-refractivity contribution is 7.86. The van der Waals surface area contributed by atoms with E-state index in [1.807, 2.05) is 24.3 Å². The number of halogens is 2. The maximum absolute atomic E-state index is 15.2. The number of benzene rings is 5. The summed E-state index contributed by atoms with van der Waals surface area (Å²) in [5.74, 6) is -0.839. The maximum Gasteiger partial charge on any atom is 0.345 e. The van der Waals surface area contributed by atoms with Crippen molar-refractivity contribution in [3.63, 3.8) is 0 Å². The first-order chi connectivity index (χ1) is 33.4. The van der Waals surface area contributed by atoms with Gasteiger partial charge >= 0.3 is 5.97 Å². The van der Waals surface area contributed by atoms with Gasteiger partial charge in [0.25, 0.3) is 10.1 Å². The van der Waals surface area contributed by atoms with Crippen molar-refractivity contribution in [2.24, 2.45) is 0 Å². The van der Waals surface area contributed by atoms with Crippen LogP contribution in [0.1, 0.15) is 17.7 Å². The SMILES string of the molecule is COc1ccccc1-c1nccc(COc2ccccc2C[C@@H](Oc2ncnc3sc4c5ccc(F)c(O)c5c5c(Cl)c(OCCN6CCN(CCCS(=O)(=O)OC)CC6)ccc5c4c23)C(=O)O)n1. The number of carboxylic acid groups (broad SMARTS) is 1. The first-order valence-corrected chi connectivity index (χ1v) is 24.7. The number of nitrogens with zero attached hydrogens (tertiary/aromatic N) is 6. The number of aromatic nitrogens is 4. The highest BCUT2D eigenvalue weighted by atomic mass is 35.5. The highest BCUT2D eigenvalue weighted by Crippen LogP contribution is 2.51. The molecule has 9 rings (SSSR count). The standard InChI is InChI=1S/C49H46ClFN6O10S2/c1-63-36-11-6-4-9-31(36)46-52-17-16-30(55-46)27-66-35-10-5-3-8-29(35)26-38(49(59)60)67-47-42-41-32-13-15-37(65-24-23-57-21-19-56(20-22-57)18-7-25-69(61,62)64-2)43(50)39(32)40-33(12-14-34(51)44(40)58)45(41)68-48(42)54-28-53-47/h3-6,8-17,28,38,58H,7,18-27H2,1-2H3,(H,59,60)/t38-/m1/s1. The normalized spacial score (nSPS) is 14.1. The van der Waals surface area contributed by atoms with Crippen molar-refractivity contribution in [2.45, 2.75) is 25.6 Å². The number of phenols is 1. The van der Waals surface area contributed by atoms with Gasteiger partial charge in [-0.15, -0.1) is 11.3 Å². The molecule has 4 heterocycles. The minimum atomic E-state index is -3.49. The molecule has 0 radical (unpaired) electrons. The number of aliphatic carboxylic acids is 1. The summed E-state index contributed by atoms with van der Waals surface area (Å²) in [6.07, 6.45) is 1.88. The molecule has 0 amide bonds. The largest absolute Gasteiger partial charge is 0.504 e. The molecule has 5 aromatic carbocycles. The fourth-order valence-corrected chi connectivity index (χ4v) is 10.7. The van der Waals surface area contributed by atoms with Crippen LogP contribution in [-0.2, 0) is 32.1 Å². The number of methoxy groups -OCH3 is 1. The topological polar surface area (TPSA) is 196 Å². The zero-order valence-electron chi connectivity index (χ0n) is 37.4. The number of para-hydroxylation sites is 2. The van der Waals surface area contributed by atoms with E-state index in [0.29, 0.717) is 90.3 Å². The molecule has 358 valence electrons. The third kappa shape index (κ3) is 10.2. The summed E-state index contributed by atoms with van der Waals surface area (Å²) in [5, 5.41) is 24.6. The Hall–Kier alpha value is -6.48. The van der Waals surface area contributed by atoms with Gasteiger partial charge in [0.1, 0.15) is 41.6 Å². The van der Waals surface area contributed by atoms with Gasteiger partial charge in [-0.25, -0.2) is 29.1 Å². The summed E-state index contributed by atoms with van der Waals surface area (Å²) >= 11 is 8.45. The number of phenolic OH excluding ortho intramolecular Hbond substituents is 1. The second-order valence-corrected chi connectivity index (χ2v) is 19.4. The number of piperazine rings is 1. The first-order valence-electron chi connectivity index (χ1n) is 22.0. The number of hydrogen-bond donors (Lipinski definition) is 2. The second-order valence-electron chi connectivity index (χ2n) is 16.2. The lowest BCUT2D eigenvalue weighted by atomic mass is 9.96. The summed E-state index contributed by atoms with van der Waals surface area (Å²) in [7, 11) is -0.743. The smallest absolute Gasteiger partial charge is 0.345 e. The molecule has 16 nitrogen and oxygen atoms in total. The van der Waals surface area contributed by atoms with Gasteiger partial charge in [-0.1, -0.05) is 41.9 Å². The summed E-state index contributed by atoms with van der Waals surface area (Å²) in [6.45, 7) is 4.65. The third-order valence-electron chi connectivity index (χ3n) is 12.0. The van der Waals surface area contributed by atoms with Crippen LogP contribution in [0.5, 0.6) is 28.9 Å². The lowest BCUT2D eigenvalue weighted by Gasteiger charge is -2.34. The number of fused-ring (bicyclic) bond motifs is 8. The minimum Gasteiger partial charge on any atom is -0.504 e. The molecule has 1 aliphatic heterocycles. The van der Waals surface area contributed by atoms with Gasteiger partial charge in [0.15, 0.2) is 17.4 Å². The fraction of sp³-hybridized carbons (Fsp3) is 0.286. The molecular weight excluding hydrogens is 951 g/mol. The van der Waals surface area contributed by atoms with Gasteiger partial charge in [0.05, 0.1) is 41.6 Å². The van der Waals surface area contributed by atoms with E-state index in [-0.39, 0.29) is 41.7 Å². The molecule has 1 fully saturated rings. The number of hydrogen-bond acceptors (Lipinski definition) is 16. The highest BCUT2D eigenvalue weighted by Gasteiger charge is 2.28. The van der Waals surface area contributed by atoms with Crippen molar-refractivity contribution in [1.82, 2.24) is 29.7 Å². The fourth-order valence-electron chi connectivity index (χ4n) is 8.56. The van der Waals surface area contributed by atoms with E-state index in [1.165, 1.54) is 30.8 Å². The Morgan fingerprint density at radius 1 is 0.841 bits per heavy atom. The van der Waals surface area contributed by atoms with Crippen LogP contribution >= 0.6 is 22.9 Å². The molecule has 20 heteroatoms. The van der Waals surface area contributed by atoms with Gasteiger partial charge < -0.3 is 34.1 Å². The van der Waals surface area contributed by atoms with Crippen molar-refractivity contribution in [2.75, 3.05) is 65.8 Å². The van der Waals surface area contributed by atoms with E-state index in [9.17, 15) is 23.4 Å². The third-order valence-corrected chi connectivity index (χ3v) is 14.9. The molecule has 0 aliphatic carbocycles. The molecule has 0 saturated carbocycles. The molecule has 1 atom stereocenters. The minimum absolute atomic E-state index is 0.00504. The van der Waals surface area contributed by atoms with Crippen LogP contribution in [0.2, 0.25) is 5.02 Å². The number of thiophene rings is 1. The average molecular weight is 998 g/mol. The summed E-state index contributed by atoms with van der Waals surface area (Å²) in [6, 6.07) is 22.5. The quantitative estimate of drug-likeness (QED) is 0.0581. The van der Waals surface area contributed by atoms with Crippen molar-refractivity contribution in [3.8, 4) is 40.3 Å². The molecule has 1 aliphatic rings. The molecule has 8 aromatic rings. The summed E-state index contributed by atoms with van der Waals surface area (Å²) in [4.78, 5) is 36.1. The van der Waals surface area contributed by atoms with Gasteiger partial charge in [-0.3, -0.25) is 9.08 Å². The summed E-state index contributed by atoms with van der Waals surface area (Å²) < 4.78 is 68.1. The van der Waals surface area contributed by atoms with E-state index < -0.39 is 33.8 Å². The number of carbonyl (C=O) groups is 1. The van der Waals surface area contributed by atoms with E-state index in [0.717, 1.165) is 31.7 Å². The zero-order valence-corrected chi connectivity index (χ0v) is 39.8. The molecule has 0 unspecified atom stereocenters. The van der Waals surface area contributed by atoms with Crippen LogP contribution in [0.15, 0.2) is 91.4 Å². The van der Waals surface area contributed by atoms with Crippen molar-refractivity contribution >= 4 is 80.9 Å². The molecule has 1 saturated heterocycles. The number of aromatic hydroxyl groups is 1. The molecule has 3 aromatic heterocycles. The molecule has 2 N–H and O–H groups in total. The Kier molecular flexibility index (Phi) is 14.2. The molecular formula is C49H46ClFN6O10S2. The number of ether oxygens (including phenoxy) is 4. The lowest BCUT2D eigenvalue weighted by molar-refractivity contribution is -0.145. The van der Waals surface area contributed by atoms with E-state index in [4.69, 9.17) is 30.5 Å². The molecule has 69 heavy (non-hydrogen) atoms. The van der Waals surface area contributed by atoms with Crippen molar-refractivity contribution in [1.29, 1.82) is 0 Å². The van der Waals surface area contributed by atoms with Gasteiger partial charge in [-0.05, 0) is 72.4 Å². The maximum atomic E-state index is 15.2. The Bertz CT molecular complexity index is 3320.